The van der Waals surface area contributed by atoms with E-state index in [1.807, 2.05) is 60.7 Å². The van der Waals surface area contributed by atoms with Crippen molar-refractivity contribution >= 4 is 23.4 Å². The lowest BCUT2D eigenvalue weighted by molar-refractivity contribution is -0.137. The number of carbonyl (C=O) groups is 1. The number of alkyl halides is 3. The molecule has 0 bridgehead atoms. The average Bonchev–Trinajstić information content (AvgIpc) is 2.73. The molecule has 0 unspecified atom stereocenters. The molecule has 3 rings (SSSR count). The van der Waals surface area contributed by atoms with Crippen molar-refractivity contribution in [1.82, 2.24) is 0 Å². The standard InChI is InChI=1S/C24H21F3N2O/c1-29(17-19-10-6-3-7-11-19)22-14-13-20(24(25,26)27)16-21(22)28-23(30)15-12-18-8-4-2-5-9-18/h2-16H,17H2,1H3,(H,28,30)/b15-12+. The molecule has 0 aromatic heterocycles. The largest absolute Gasteiger partial charge is 0.416 e. The second-order valence-corrected chi connectivity index (χ2v) is 6.80. The van der Waals surface area contributed by atoms with E-state index >= 15 is 0 Å². The maximum atomic E-state index is 13.2. The molecule has 3 nitrogen and oxygen atoms in total. The molecule has 0 aliphatic carbocycles. The predicted molar refractivity (Wildman–Crippen MR) is 114 cm³/mol. The van der Waals surface area contributed by atoms with Crippen molar-refractivity contribution in [1.29, 1.82) is 0 Å². The van der Waals surface area contributed by atoms with E-state index in [9.17, 15) is 18.0 Å². The highest BCUT2D eigenvalue weighted by molar-refractivity contribution is 6.03. The topological polar surface area (TPSA) is 32.3 Å². The average molecular weight is 410 g/mol. The molecule has 0 radical (unpaired) electrons. The molecule has 3 aromatic rings. The monoisotopic (exact) mass is 410 g/mol. The molecule has 30 heavy (non-hydrogen) atoms. The summed E-state index contributed by atoms with van der Waals surface area (Å²) in [6.45, 7) is 0.481. The van der Waals surface area contributed by atoms with Crippen LogP contribution in [0.1, 0.15) is 16.7 Å². The number of halogens is 3. The van der Waals surface area contributed by atoms with Gasteiger partial charge in [0.1, 0.15) is 0 Å². The quantitative estimate of drug-likeness (QED) is 0.506. The van der Waals surface area contributed by atoms with Crippen LogP contribution in [0.4, 0.5) is 24.5 Å². The lowest BCUT2D eigenvalue weighted by atomic mass is 10.1. The zero-order valence-corrected chi connectivity index (χ0v) is 16.4. The van der Waals surface area contributed by atoms with E-state index in [4.69, 9.17) is 0 Å². The molecule has 1 N–H and O–H groups in total. The Kier molecular flexibility index (Phi) is 6.57. The zero-order valence-electron chi connectivity index (χ0n) is 16.4. The first kappa shape index (κ1) is 21.2. The van der Waals surface area contributed by atoms with Gasteiger partial charge in [0.2, 0.25) is 5.91 Å². The van der Waals surface area contributed by atoms with E-state index in [-0.39, 0.29) is 5.69 Å². The van der Waals surface area contributed by atoms with Gasteiger partial charge in [-0.1, -0.05) is 60.7 Å². The molecule has 6 heteroatoms. The summed E-state index contributed by atoms with van der Waals surface area (Å²) in [5.41, 5.74) is 1.60. The Morgan fingerprint density at radius 3 is 2.23 bits per heavy atom. The van der Waals surface area contributed by atoms with Crippen LogP contribution in [0, 0.1) is 0 Å². The maximum absolute atomic E-state index is 13.2. The van der Waals surface area contributed by atoms with Gasteiger partial charge < -0.3 is 10.2 Å². The summed E-state index contributed by atoms with van der Waals surface area (Å²) in [7, 11) is 1.77. The lowest BCUT2D eigenvalue weighted by Crippen LogP contribution is -2.20. The highest BCUT2D eigenvalue weighted by Gasteiger charge is 2.31. The van der Waals surface area contributed by atoms with Crippen LogP contribution in [0.25, 0.3) is 6.08 Å². The van der Waals surface area contributed by atoms with Gasteiger partial charge in [-0.25, -0.2) is 0 Å². The van der Waals surface area contributed by atoms with Gasteiger partial charge in [0, 0.05) is 19.7 Å². The van der Waals surface area contributed by atoms with E-state index in [0.29, 0.717) is 12.2 Å². The first-order valence-corrected chi connectivity index (χ1v) is 9.33. The number of benzene rings is 3. The van der Waals surface area contributed by atoms with Crippen LogP contribution in [0.2, 0.25) is 0 Å². The summed E-state index contributed by atoms with van der Waals surface area (Å²) in [6.07, 6.45) is -1.59. The van der Waals surface area contributed by atoms with Crippen LogP contribution < -0.4 is 10.2 Å². The molecular weight excluding hydrogens is 389 g/mol. The summed E-state index contributed by atoms with van der Waals surface area (Å²) in [4.78, 5) is 14.2. The first-order chi connectivity index (χ1) is 14.3. The number of nitrogens with zero attached hydrogens (tertiary/aromatic N) is 1. The van der Waals surface area contributed by atoms with Crippen molar-refractivity contribution in [2.75, 3.05) is 17.3 Å². The van der Waals surface area contributed by atoms with Crippen LogP contribution in [0.15, 0.2) is 84.9 Å². The van der Waals surface area contributed by atoms with Gasteiger partial charge >= 0.3 is 6.18 Å². The molecule has 0 aliphatic heterocycles. The van der Waals surface area contributed by atoms with E-state index in [0.717, 1.165) is 23.3 Å². The lowest BCUT2D eigenvalue weighted by Gasteiger charge is -2.23. The normalized spacial score (nSPS) is 11.5. The number of nitrogens with one attached hydrogen (secondary N) is 1. The highest BCUT2D eigenvalue weighted by Crippen LogP contribution is 2.35. The molecule has 0 heterocycles. The Balaban J connectivity index is 1.85. The summed E-state index contributed by atoms with van der Waals surface area (Å²) < 4.78 is 39.6. The minimum Gasteiger partial charge on any atom is -0.369 e. The van der Waals surface area contributed by atoms with Crippen LogP contribution in [-0.4, -0.2) is 13.0 Å². The molecule has 0 fully saturated rings. The highest BCUT2D eigenvalue weighted by atomic mass is 19.4. The predicted octanol–water partition coefficient (Wildman–Crippen LogP) is 5.99. The number of hydrogen-bond acceptors (Lipinski definition) is 2. The maximum Gasteiger partial charge on any atom is 0.416 e. The van der Waals surface area contributed by atoms with Gasteiger partial charge in [0.25, 0.3) is 0 Å². The van der Waals surface area contributed by atoms with Crippen LogP contribution in [0.3, 0.4) is 0 Å². The molecule has 3 aromatic carbocycles. The SMILES string of the molecule is CN(Cc1ccccc1)c1ccc(C(F)(F)F)cc1NC(=O)/C=C/c1ccccc1. The smallest absolute Gasteiger partial charge is 0.369 e. The van der Waals surface area contributed by atoms with Gasteiger partial charge in [-0.15, -0.1) is 0 Å². The molecule has 0 atom stereocenters. The van der Waals surface area contributed by atoms with Gasteiger partial charge in [-0.05, 0) is 35.4 Å². The number of amides is 1. The van der Waals surface area contributed by atoms with E-state index in [1.54, 1.807) is 18.0 Å². The molecule has 0 aliphatic rings. The van der Waals surface area contributed by atoms with E-state index in [2.05, 4.69) is 5.32 Å². The third-order valence-corrected chi connectivity index (χ3v) is 4.48. The van der Waals surface area contributed by atoms with Gasteiger partial charge in [0.15, 0.2) is 0 Å². The van der Waals surface area contributed by atoms with Gasteiger partial charge in [-0.3, -0.25) is 4.79 Å². The summed E-state index contributed by atoms with van der Waals surface area (Å²) in [5, 5.41) is 2.59. The van der Waals surface area contributed by atoms with Gasteiger partial charge in [0.05, 0.1) is 16.9 Å². The Bertz CT molecular complexity index is 1020. The third-order valence-electron chi connectivity index (χ3n) is 4.48. The van der Waals surface area contributed by atoms with Crippen molar-refractivity contribution in [2.24, 2.45) is 0 Å². The minimum absolute atomic E-state index is 0.103. The Morgan fingerprint density at radius 1 is 0.967 bits per heavy atom. The van der Waals surface area contributed by atoms with Crippen molar-refractivity contribution in [3.63, 3.8) is 0 Å². The number of carbonyl (C=O) groups excluding carboxylic acids is 1. The Morgan fingerprint density at radius 2 is 1.60 bits per heavy atom. The molecule has 0 saturated carbocycles. The fourth-order valence-corrected chi connectivity index (χ4v) is 3.00. The second kappa shape index (κ2) is 9.31. The second-order valence-electron chi connectivity index (χ2n) is 6.80. The minimum atomic E-state index is -4.50. The number of anilines is 2. The summed E-state index contributed by atoms with van der Waals surface area (Å²) >= 11 is 0. The summed E-state index contributed by atoms with van der Waals surface area (Å²) in [5.74, 6) is -0.507. The fourth-order valence-electron chi connectivity index (χ4n) is 3.00. The summed E-state index contributed by atoms with van der Waals surface area (Å²) in [6, 6.07) is 22.1. The zero-order chi connectivity index (χ0) is 21.6. The van der Waals surface area contributed by atoms with Gasteiger partial charge in [-0.2, -0.15) is 13.2 Å². The Hall–Kier alpha value is -3.54. The van der Waals surface area contributed by atoms with E-state index < -0.39 is 17.6 Å². The number of rotatable bonds is 6. The molecule has 1 amide bonds. The van der Waals surface area contributed by atoms with Crippen molar-refractivity contribution in [3.05, 3.63) is 102 Å². The van der Waals surface area contributed by atoms with Crippen molar-refractivity contribution in [2.45, 2.75) is 12.7 Å². The van der Waals surface area contributed by atoms with Crippen LogP contribution in [0.5, 0.6) is 0 Å². The first-order valence-electron chi connectivity index (χ1n) is 9.33. The number of hydrogen-bond donors (Lipinski definition) is 1. The fraction of sp³-hybridized carbons (Fsp3) is 0.125. The third kappa shape index (κ3) is 5.73. The van der Waals surface area contributed by atoms with Crippen LogP contribution >= 0.6 is 0 Å². The van der Waals surface area contributed by atoms with Crippen molar-refractivity contribution in [3.8, 4) is 0 Å². The molecule has 154 valence electrons. The van der Waals surface area contributed by atoms with Crippen molar-refractivity contribution < 1.29 is 18.0 Å². The Labute approximate surface area is 173 Å². The van der Waals surface area contributed by atoms with E-state index in [1.165, 1.54) is 12.1 Å². The van der Waals surface area contributed by atoms with Crippen LogP contribution in [-0.2, 0) is 17.5 Å². The molecule has 0 spiro atoms. The molecule has 0 saturated heterocycles. The molecular formula is C24H21F3N2O.